The molecule has 0 aromatic heterocycles. The Balaban J connectivity index is 2.24. The lowest BCUT2D eigenvalue weighted by molar-refractivity contribution is 0.154. The molecule has 1 aromatic carbocycles. The van der Waals surface area contributed by atoms with Crippen molar-refractivity contribution >= 4 is 5.69 Å². The SMILES string of the molecule is CNCc1ccc(N2CCCC(O)C2)c(C#N)c1. The number of aliphatic hydroxyl groups is 1. The zero-order valence-corrected chi connectivity index (χ0v) is 10.7. The molecule has 18 heavy (non-hydrogen) atoms. The molecule has 4 nitrogen and oxygen atoms in total. The number of rotatable bonds is 3. The van der Waals surface area contributed by atoms with Crippen LogP contribution >= 0.6 is 0 Å². The highest BCUT2D eigenvalue weighted by Gasteiger charge is 2.20. The van der Waals surface area contributed by atoms with Gasteiger partial charge in [0.25, 0.3) is 0 Å². The maximum absolute atomic E-state index is 9.71. The average molecular weight is 245 g/mol. The first-order valence-electron chi connectivity index (χ1n) is 6.35. The molecule has 0 aliphatic carbocycles. The van der Waals surface area contributed by atoms with Gasteiger partial charge in [-0.3, -0.25) is 0 Å². The molecule has 0 amide bonds. The molecule has 96 valence electrons. The van der Waals surface area contributed by atoms with E-state index in [-0.39, 0.29) is 6.10 Å². The van der Waals surface area contributed by atoms with Gasteiger partial charge in [0.2, 0.25) is 0 Å². The van der Waals surface area contributed by atoms with Gasteiger partial charge in [0.1, 0.15) is 6.07 Å². The average Bonchev–Trinajstić information content (AvgIpc) is 2.39. The molecule has 1 unspecified atom stereocenters. The highest BCUT2D eigenvalue weighted by molar-refractivity contribution is 5.60. The van der Waals surface area contributed by atoms with Crippen LogP contribution in [0, 0.1) is 11.3 Å². The van der Waals surface area contributed by atoms with E-state index in [4.69, 9.17) is 0 Å². The zero-order chi connectivity index (χ0) is 13.0. The van der Waals surface area contributed by atoms with Gasteiger partial charge in [-0.15, -0.1) is 0 Å². The summed E-state index contributed by atoms with van der Waals surface area (Å²) in [6.45, 7) is 2.30. The molecule has 1 aromatic rings. The van der Waals surface area contributed by atoms with E-state index in [2.05, 4.69) is 16.3 Å². The standard InChI is InChI=1S/C14H19N3O/c1-16-9-11-4-5-14(12(7-11)8-15)17-6-2-3-13(18)10-17/h4-5,7,13,16,18H,2-3,6,9-10H2,1H3. The van der Waals surface area contributed by atoms with Crippen LogP contribution < -0.4 is 10.2 Å². The lowest BCUT2D eigenvalue weighted by Gasteiger charge is -2.32. The Morgan fingerprint density at radius 2 is 2.39 bits per heavy atom. The monoisotopic (exact) mass is 245 g/mol. The fourth-order valence-corrected chi connectivity index (χ4v) is 2.44. The quantitative estimate of drug-likeness (QED) is 0.841. The van der Waals surface area contributed by atoms with Gasteiger partial charge in [-0.2, -0.15) is 5.26 Å². The molecule has 0 radical (unpaired) electrons. The molecule has 0 spiro atoms. The van der Waals surface area contributed by atoms with E-state index >= 15 is 0 Å². The van der Waals surface area contributed by atoms with Crippen LogP contribution in [0.25, 0.3) is 0 Å². The van der Waals surface area contributed by atoms with Crippen molar-refractivity contribution in [1.29, 1.82) is 5.26 Å². The molecule has 1 fully saturated rings. The van der Waals surface area contributed by atoms with Gasteiger partial charge < -0.3 is 15.3 Å². The van der Waals surface area contributed by atoms with Crippen LogP contribution in [0.15, 0.2) is 18.2 Å². The minimum Gasteiger partial charge on any atom is -0.391 e. The van der Waals surface area contributed by atoms with E-state index in [0.29, 0.717) is 12.1 Å². The Kier molecular flexibility index (Phi) is 4.19. The van der Waals surface area contributed by atoms with Gasteiger partial charge in [0, 0.05) is 19.6 Å². The van der Waals surface area contributed by atoms with E-state index in [1.807, 2.05) is 25.2 Å². The molecular weight excluding hydrogens is 226 g/mol. The normalized spacial score (nSPS) is 19.6. The number of nitriles is 1. The molecular formula is C14H19N3O. The van der Waals surface area contributed by atoms with Crippen molar-refractivity contribution < 1.29 is 5.11 Å². The van der Waals surface area contributed by atoms with Crippen molar-refractivity contribution in [2.45, 2.75) is 25.5 Å². The van der Waals surface area contributed by atoms with E-state index in [1.165, 1.54) is 0 Å². The molecule has 2 N–H and O–H groups in total. The Hall–Kier alpha value is -1.57. The maximum Gasteiger partial charge on any atom is 0.101 e. The summed E-state index contributed by atoms with van der Waals surface area (Å²) in [5.41, 5.74) is 2.74. The second-order valence-electron chi connectivity index (χ2n) is 4.74. The van der Waals surface area contributed by atoms with Crippen LogP contribution in [0.2, 0.25) is 0 Å². The summed E-state index contributed by atoms with van der Waals surface area (Å²) in [4.78, 5) is 2.11. The number of piperidine rings is 1. The number of aliphatic hydroxyl groups excluding tert-OH is 1. The third kappa shape index (κ3) is 2.81. The summed E-state index contributed by atoms with van der Waals surface area (Å²) in [7, 11) is 1.89. The highest BCUT2D eigenvalue weighted by Crippen LogP contribution is 2.25. The van der Waals surface area contributed by atoms with Gasteiger partial charge in [0.15, 0.2) is 0 Å². The molecule has 1 atom stereocenters. The third-order valence-electron chi connectivity index (χ3n) is 3.30. The van der Waals surface area contributed by atoms with Crippen LogP contribution in [0.1, 0.15) is 24.0 Å². The predicted octanol–water partition coefficient (Wildman–Crippen LogP) is 1.24. The zero-order valence-electron chi connectivity index (χ0n) is 10.7. The highest BCUT2D eigenvalue weighted by atomic mass is 16.3. The summed E-state index contributed by atoms with van der Waals surface area (Å²) in [5, 5.41) is 22.0. The van der Waals surface area contributed by atoms with Crippen molar-refractivity contribution in [3.05, 3.63) is 29.3 Å². The second kappa shape index (κ2) is 5.85. The Labute approximate surface area is 108 Å². The van der Waals surface area contributed by atoms with Gasteiger partial charge in [-0.1, -0.05) is 6.07 Å². The molecule has 1 saturated heterocycles. The first-order chi connectivity index (χ1) is 8.74. The van der Waals surface area contributed by atoms with Gasteiger partial charge >= 0.3 is 0 Å². The number of hydrogen-bond acceptors (Lipinski definition) is 4. The maximum atomic E-state index is 9.71. The van der Waals surface area contributed by atoms with Crippen LogP contribution in [-0.2, 0) is 6.54 Å². The largest absolute Gasteiger partial charge is 0.391 e. The van der Waals surface area contributed by atoms with Crippen molar-refractivity contribution in [3.63, 3.8) is 0 Å². The lowest BCUT2D eigenvalue weighted by atomic mass is 10.0. The minimum atomic E-state index is -0.276. The molecule has 0 bridgehead atoms. The van der Waals surface area contributed by atoms with E-state index in [1.54, 1.807) is 0 Å². The number of anilines is 1. The van der Waals surface area contributed by atoms with Crippen molar-refractivity contribution in [1.82, 2.24) is 5.32 Å². The lowest BCUT2D eigenvalue weighted by Crippen LogP contribution is -2.38. The van der Waals surface area contributed by atoms with Crippen LogP contribution in [0.3, 0.4) is 0 Å². The molecule has 1 aliphatic rings. The van der Waals surface area contributed by atoms with Gasteiger partial charge in [-0.05, 0) is 37.6 Å². The molecule has 2 rings (SSSR count). The number of nitrogens with one attached hydrogen (secondary N) is 1. The first kappa shape index (κ1) is 12.9. The summed E-state index contributed by atoms with van der Waals surface area (Å²) in [6, 6.07) is 8.20. The Morgan fingerprint density at radius 3 is 3.06 bits per heavy atom. The van der Waals surface area contributed by atoms with E-state index < -0.39 is 0 Å². The summed E-state index contributed by atoms with van der Waals surface area (Å²) in [6.07, 6.45) is 1.56. The van der Waals surface area contributed by atoms with Crippen LogP contribution in [0.5, 0.6) is 0 Å². The Bertz CT molecular complexity index is 453. The fourth-order valence-electron chi connectivity index (χ4n) is 2.44. The van der Waals surface area contributed by atoms with Crippen LogP contribution in [0.4, 0.5) is 5.69 Å². The molecule has 4 heteroatoms. The van der Waals surface area contributed by atoms with E-state index in [0.717, 1.165) is 37.2 Å². The summed E-state index contributed by atoms with van der Waals surface area (Å²) in [5.74, 6) is 0. The minimum absolute atomic E-state index is 0.276. The van der Waals surface area contributed by atoms with Crippen molar-refractivity contribution in [2.75, 3.05) is 25.0 Å². The van der Waals surface area contributed by atoms with Gasteiger partial charge in [-0.25, -0.2) is 0 Å². The summed E-state index contributed by atoms with van der Waals surface area (Å²) >= 11 is 0. The summed E-state index contributed by atoms with van der Waals surface area (Å²) < 4.78 is 0. The first-order valence-corrected chi connectivity index (χ1v) is 6.35. The van der Waals surface area contributed by atoms with Crippen molar-refractivity contribution in [3.8, 4) is 6.07 Å². The third-order valence-corrected chi connectivity index (χ3v) is 3.30. The van der Waals surface area contributed by atoms with Crippen LogP contribution in [-0.4, -0.2) is 31.3 Å². The van der Waals surface area contributed by atoms with E-state index in [9.17, 15) is 10.4 Å². The molecule has 1 aliphatic heterocycles. The Morgan fingerprint density at radius 1 is 1.56 bits per heavy atom. The fraction of sp³-hybridized carbons (Fsp3) is 0.500. The molecule has 0 saturated carbocycles. The van der Waals surface area contributed by atoms with Gasteiger partial charge in [0.05, 0.1) is 17.4 Å². The molecule has 1 heterocycles. The smallest absolute Gasteiger partial charge is 0.101 e. The second-order valence-corrected chi connectivity index (χ2v) is 4.74. The topological polar surface area (TPSA) is 59.3 Å². The van der Waals surface area contributed by atoms with Crippen molar-refractivity contribution in [2.24, 2.45) is 0 Å². The number of β-amino-alcohol motifs (C(OH)–C–C–N with tert-alkyl or cyclic N) is 1. The number of benzene rings is 1. The predicted molar refractivity (Wildman–Crippen MR) is 71.4 cm³/mol. The number of nitrogens with zero attached hydrogens (tertiary/aromatic N) is 2. The number of hydrogen-bond donors (Lipinski definition) is 2.